The quantitative estimate of drug-likeness (QED) is 0.712. The van der Waals surface area contributed by atoms with E-state index in [-0.39, 0.29) is 11.9 Å². The summed E-state index contributed by atoms with van der Waals surface area (Å²) in [6.45, 7) is 6.21. The minimum absolute atomic E-state index is 0.219. The van der Waals surface area contributed by atoms with E-state index in [1.54, 1.807) is 6.07 Å². The number of aromatic nitrogens is 2. The zero-order chi connectivity index (χ0) is 15.1. The lowest BCUT2D eigenvalue weighted by Gasteiger charge is -2.14. The van der Waals surface area contributed by atoms with Gasteiger partial charge in [0.15, 0.2) is 0 Å². The summed E-state index contributed by atoms with van der Waals surface area (Å²) in [5, 5.41) is 0. The lowest BCUT2D eigenvalue weighted by molar-refractivity contribution is 0.620. The van der Waals surface area contributed by atoms with Crippen LogP contribution in [0.3, 0.4) is 0 Å². The van der Waals surface area contributed by atoms with Gasteiger partial charge in [0.1, 0.15) is 11.6 Å². The average molecular weight is 283 g/mol. The summed E-state index contributed by atoms with van der Waals surface area (Å²) >= 11 is 0. The highest BCUT2D eigenvalue weighted by Crippen LogP contribution is 2.31. The third kappa shape index (κ3) is 2.27. The van der Waals surface area contributed by atoms with Gasteiger partial charge in [-0.15, -0.1) is 0 Å². The van der Waals surface area contributed by atoms with Crippen molar-refractivity contribution >= 4 is 16.7 Å². The molecule has 0 saturated heterocycles. The van der Waals surface area contributed by atoms with Crippen molar-refractivity contribution in [3.8, 4) is 11.4 Å². The Hall–Kier alpha value is -2.36. The van der Waals surface area contributed by atoms with Crippen LogP contribution in [0.4, 0.5) is 10.1 Å². The van der Waals surface area contributed by atoms with E-state index < -0.39 is 0 Å². The van der Waals surface area contributed by atoms with Gasteiger partial charge in [-0.2, -0.15) is 0 Å². The van der Waals surface area contributed by atoms with E-state index >= 15 is 0 Å². The maximum Gasteiger partial charge on any atom is 0.141 e. The molecule has 0 aliphatic carbocycles. The number of nitrogens with zero attached hydrogens (tertiary/aromatic N) is 2. The SMILES string of the molecule is Cc1ccc(N)cc1-c1nc2cc(F)ccc2n1C(C)C. The Kier molecular flexibility index (Phi) is 3.16. The van der Waals surface area contributed by atoms with Crippen LogP contribution in [0, 0.1) is 12.7 Å². The highest BCUT2D eigenvalue weighted by atomic mass is 19.1. The van der Waals surface area contributed by atoms with Gasteiger partial charge in [-0.1, -0.05) is 6.07 Å². The zero-order valence-electron chi connectivity index (χ0n) is 12.4. The van der Waals surface area contributed by atoms with Crippen molar-refractivity contribution in [3.63, 3.8) is 0 Å². The molecule has 0 fully saturated rings. The first-order valence-electron chi connectivity index (χ1n) is 7.01. The number of rotatable bonds is 2. The van der Waals surface area contributed by atoms with Gasteiger partial charge < -0.3 is 10.3 Å². The molecule has 1 aromatic heterocycles. The first-order chi connectivity index (χ1) is 9.97. The van der Waals surface area contributed by atoms with Crippen molar-refractivity contribution < 1.29 is 4.39 Å². The maximum atomic E-state index is 13.5. The molecule has 0 radical (unpaired) electrons. The highest BCUT2D eigenvalue weighted by Gasteiger charge is 2.17. The molecule has 3 nitrogen and oxygen atoms in total. The number of halogens is 1. The Labute approximate surface area is 123 Å². The number of nitrogens with two attached hydrogens (primary N) is 1. The molecular formula is C17H18FN3. The summed E-state index contributed by atoms with van der Waals surface area (Å²) in [4.78, 5) is 4.63. The second kappa shape index (κ2) is 4.88. The van der Waals surface area contributed by atoms with Crippen molar-refractivity contribution in [2.24, 2.45) is 0 Å². The standard InChI is InChI=1S/C17H18FN3/c1-10(2)21-16-7-5-12(18)8-15(16)20-17(21)14-9-13(19)6-4-11(14)3/h4-10H,19H2,1-3H3. The lowest BCUT2D eigenvalue weighted by Crippen LogP contribution is -2.04. The van der Waals surface area contributed by atoms with Crippen molar-refractivity contribution in [3.05, 3.63) is 47.8 Å². The number of anilines is 1. The molecule has 2 aromatic carbocycles. The Morgan fingerprint density at radius 2 is 1.90 bits per heavy atom. The Bertz CT molecular complexity index is 818. The van der Waals surface area contributed by atoms with Gasteiger partial charge in [-0.3, -0.25) is 0 Å². The number of hydrogen-bond donors (Lipinski definition) is 1. The molecule has 0 aliphatic heterocycles. The predicted octanol–water partition coefficient (Wildman–Crippen LogP) is 4.31. The van der Waals surface area contributed by atoms with E-state index in [2.05, 4.69) is 23.4 Å². The number of fused-ring (bicyclic) bond motifs is 1. The number of benzene rings is 2. The summed E-state index contributed by atoms with van der Waals surface area (Å²) in [6.07, 6.45) is 0. The third-order valence-electron chi connectivity index (χ3n) is 3.67. The van der Waals surface area contributed by atoms with Gasteiger partial charge in [0.05, 0.1) is 11.0 Å². The Balaban J connectivity index is 2.36. The molecular weight excluding hydrogens is 265 g/mol. The minimum atomic E-state index is -0.272. The summed E-state index contributed by atoms with van der Waals surface area (Å²) in [5.74, 6) is 0.558. The van der Waals surface area contributed by atoms with Gasteiger partial charge in [-0.05, 0) is 50.6 Å². The van der Waals surface area contributed by atoms with E-state index in [9.17, 15) is 4.39 Å². The number of hydrogen-bond acceptors (Lipinski definition) is 2. The van der Waals surface area contributed by atoms with Gasteiger partial charge in [0.2, 0.25) is 0 Å². The van der Waals surface area contributed by atoms with Gasteiger partial charge in [0, 0.05) is 23.4 Å². The monoisotopic (exact) mass is 283 g/mol. The van der Waals surface area contributed by atoms with E-state index in [0.717, 1.165) is 22.5 Å². The summed E-state index contributed by atoms with van der Waals surface area (Å²) in [5.41, 5.74) is 10.3. The molecule has 4 heteroatoms. The minimum Gasteiger partial charge on any atom is -0.399 e. The van der Waals surface area contributed by atoms with E-state index in [0.29, 0.717) is 11.2 Å². The fraction of sp³-hybridized carbons (Fsp3) is 0.235. The van der Waals surface area contributed by atoms with Crippen molar-refractivity contribution in [2.45, 2.75) is 26.8 Å². The zero-order valence-corrected chi connectivity index (χ0v) is 12.4. The van der Waals surface area contributed by atoms with Crippen LogP contribution in [0.25, 0.3) is 22.4 Å². The molecule has 0 saturated carbocycles. The van der Waals surface area contributed by atoms with Crippen LogP contribution in [-0.4, -0.2) is 9.55 Å². The van der Waals surface area contributed by atoms with Gasteiger partial charge in [-0.25, -0.2) is 9.37 Å². The molecule has 0 unspecified atom stereocenters. The van der Waals surface area contributed by atoms with Crippen LogP contribution in [0.1, 0.15) is 25.5 Å². The molecule has 2 N–H and O–H groups in total. The number of nitrogen functional groups attached to an aromatic ring is 1. The second-order valence-electron chi connectivity index (χ2n) is 5.61. The van der Waals surface area contributed by atoms with Crippen molar-refractivity contribution in [1.82, 2.24) is 9.55 Å². The number of aryl methyl sites for hydroxylation is 1. The van der Waals surface area contributed by atoms with Crippen LogP contribution in [0.5, 0.6) is 0 Å². The van der Waals surface area contributed by atoms with E-state index in [1.807, 2.05) is 25.1 Å². The summed E-state index contributed by atoms with van der Waals surface area (Å²) in [7, 11) is 0. The topological polar surface area (TPSA) is 43.8 Å². The van der Waals surface area contributed by atoms with Crippen LogP contribution in [-0.2, 0) is 0 Å². The fourth-order valence-corrected chi connectivity index (χ4v) is 2.67. The number of imidazole rings is 1. The lowest BCUT2D eigenvalue weighted by atomic mass is 10.1. The fourth-order valence-electron chi connectivity index (χ4n) is 2.67. The second-order valence-corrected chi connectivity index (χ2v) is 5.61. The van der Waals surface area contributed by atoms with Crippen LogP contribution >= 0.6 is 0 Å². The predicted molar refractivity (Wildman–Crippen MR) is 84.7 cm³/mol. The molecule has 1 heterocycles. The molecule has 0 atom stereocenters. The Morgan fingerprint density at radius 1 is 1.14 bits per heavy atom. The average Bonchev–Trinajstić information content (AvgIpc) is 2.79. The normalized spacial score (nSPS) is 11.5. The molecule has 0 aliphatic rings. The Morgan fingerprint density at radius 3 is 2.62 bits per heavy atom. The molecule has 3 rings (SSSR count). The van der Waals surface area contributed by atoms with E-state index in [4.69, 9.17) is 5.73 Å². The molecule has 0 spiro atoms. The third-order valence-corrected chi connectivity index (χ3v) is 3.67. The van der Waals surface area contributed by atoms with E-state index in [1.165, 1.54) is 12.1 Å². The van der Waals surface area contributed by atoms with Crippen molar-refractivity contribution in [1.29, 1.82) is 0 Å². The molecule has 108 valence electrons. The van der Waals surface area contributed by atoms with Crippen LogP contribution in [0.15, 0.2) is 36.4 Å². The molecule has 3 aromatic rings. The molecule has 21 heavy (non-hydrogen) atoms. The summed E-state index contributed by atoms with van der Waals surface area (Å²) < 4.78 is 15.6. The van der Waals surface area contributed by atoms with Gasteiger partial charge in [0.25, 0.3) is 0 Å². The van der Waals surface area contributed by atoms with Gasteiger partial charge >= 0.3 is 0 Å². The smallest absolute Gasteiger partial charge is 0.141 e. The first-order valence-corrected chi connectivity index (χ1v) is 7.01. The maximum absolute atomic E-state index is 13.5. The summed E-state index contributed by atoms with van der Waals surface area (Å²) in [6, 6.07) is 10.7. The van der Waals surface area contributed by atoms with Crippen LogP contribution in [0.2, 0.25) is 0 Å². The van der Waals surface area contributed by atoms with Crippen LogP contribution < -0.4 is 5.73 Å². The first kappa shape index (κ1) is 13.6. The molecule has 0 bridgehead atoms. The molecule has 0 amide bonds. The van der Waals surface area contributed by atoms with Crippen molar-refractivity contribution in [2.75, 3.05) is 5.73 Å². The largest absolute Gasteiger partial charge is 0.399 e. The highest BCUT2D eigenvalue weighted by molar-refractivity contribution is 5.82.